The van der Waals surface area contributed by atoms with Gasteiger partial charge < -0.3 is 9.73 Å². The standard InChI is InChI=1S/C13H12ClNO.C2H6/c1-9-8-11(14)5-6-12(9)15-10(2)13-4-3-7-16-13;1-2/h3-8,15H,2H2,1H3;1-2H3. The smallest absolute Gasteiger partial charge is 0.149 e. The molecule has 0 aliphatic heterocycles. The van der Waals surface area contributed by atoms with Crippen molar-refractivity contribution in [3.05, 3.63) is 59.5 Å². The van der Waals surface area contributed by atoms with E-state index in [1.165, 1.54) is 0 Å². The maximum Gasteiger partial charge on any atom is 0.149 e. The summed E-state index contributed by atoms with van der Waals surface area (Å²) in [6.07, 6.45) is 1.62. The second kappa shape index (κ2) is 6.92. The van der Waals surface area contributed by atoms with Crippen molar-refractivity contribution in [2.24, 2.45) is 0 Å². The fraction of sp³-hybridized carbons (Fsp3) is 0.200. The highest BCUT2D eigenvalue weighted by molar-refractivity contribution is 6.30. The first-order valence-corrected chi connectivity index (χ1v) is 6.30. The summed E-state index contributed by atoms with van der Waals surface area (Å²) < 4.78 is 5.24. The second-order valence-electron chi connectivity index (χ2n) is 3.54. The summed E-state index contributed by atoms with van der Waals surface area (Å²) in [7, 11) is 0. The van der Waals surface area contributed by atoms with Gasteiger partial charge in [0, 0.05) is 10.7 Å². The van der Waals surface area contributed by atoms with Crippen LogP contribution in [0.5, 0.6) is 0 Å². The molecule has 0 spiro atoms. The normalized spacial score (nSPS) is 9.33. The topological polar surface area (TPSA) is 25.2 Å². The molecule has 0 unspecified atom stereocenters. The predicted octanol–water partition coefficient (Wildman–Crippen LogP) is 5.35. The minimum absolute atomic E-state index is 0.728. The Morgan fingerprint density at radius 1 is 1.28 bits per heavy atom. The van der Waals surface area contributed by atoms with E-state index < -0.39 is 0 Å². The van der Waals surface area contributed by atoms with Gasteiger partial charge in [0.2, 0.25) is 0 Å². The molecule has 0 saturated carbocycles. The third-order valence-electron chi connectivity index (χ3n) is 2.29. The summed E-state index contributed by atoms with van der Waals surface area (Å²) in [6.45, 7) is 9.91. The van der Waals surface area contributed by atoms with Gasteiger partial charge in [-0.15, -0.1) is 0 Å². The Hall–Kier alpha value is -1.67. The fourth-order valence-electron chi connectivity index (χ4n) is 1.44. The highest BCUT2D eigenvalue weighted by Gasteiger charge is 2.04. The zero-order valence-electron chi connectivity index (χ0n) is 11.0. The van der Waals surface area contributed by atoms with E-state index in [0.29, 0.717) is 0 Å². The molecule has 0 saturated heterocycles. The molecule has 0 bridgehead atoms. The van der Waals surface area contributed by atoms with Crippen LogP contribution in [0, 0.1) is 6.92 Å². The summed E-state index contributed by atoms with van der Waals surface area (Å²) >= 11 is 5.88. The molecule has 0 fully saturated rings. The summed E-state index contributed by atoms with van der Waals surface area (Å²) in [5.41, 5.74) is 2.78. The third kappa shape index (κ3) is 3.67. The molecule has 2 nitrogen and oxygen atoms in total. The minimum atomic E-state index is 0.728. The van der Waals surface area contributed by atoms with Gasteiger partial charge >= 0.3 is 0 Å². The monoisotopic (exact) mass is 263 g/mol. The number of aryl methyl sites for hydroxylation is 1. The van der Waals surface area contributed by atoms with Crippen molar-refractivity contribution in [3.63, 3.8) is 0 Å². The molecule has 0 aliphatic rings. The van der Waals surface area contributed by atoms with Crippen LogP contribution in [0.4, 0.5) is 5.69 Å². The molecule has 0 aliphatic carbocycles. The van der Waals surface area contributed by atoms with E-state index in [4.69, 9.17) is 16.0 Å². The first-order valence-electron chi connectivity index (χ1n) is 5.93. The van der Waals surface area contributed by atoms with Gasteiger partial charge in [-0.2, -0.15) is 0 Å². The number of benzene rings is 1. The van der Waals surface area contributed by atoms with Crippen molar-refractivity contribution in [1.29, 1.82) is 0 Å². The lowest BCUT2D eigenvalue weighted by atomic mass is 10.2. The minimum Gasteiger partial charge on any atom is -0.463 e. The van der Waals surface area contributed by atoms with Crippen LogP contribution in [0.1, 0.15) is 25.2 Å². The van der Waals surface area contributed by atoms with Crippen LogP contribution in [0.25, 0.3) is 5.70 Å². The van der Waals surface area contributed by atoms with Crippen molar-refractivity contribution in [1.82, 2.24) is 0 Å². The molecule has 3 heteroatoms. The van der Waals surface area contributed by atoms with Gasteiger partial charge in [0.15, 0.2) is 0 Å². The Bertz CT molecular complexity index is 503. The molecule has 1 aromatic carbocycles. The number of halogens is 1. The fourth-order valence-corrected chi connectivity index (χ4v) is 1.67. The van der Waals surface area contributed by atoms with E-state index in [-0.39, 0.29) is 0 Å². The summed E-state index contributed by atoms with van der Waals surface area (Å²) in [5, 5.41) is 3.92. The van der Waals surface area contributed by atoms with Crippen LogP contribution in [0.3, 0.4) is 0 Å². The number of nitrogens with one attached hydrogen (secondary N) is 1. The Kier molecular flexibility index (Phi) is 5.53. The van der Waals surface area contributed by atoms with Crippen LogP contribution in [0.2, 0.25) is 5.02 Å². The molecule has 18 heavy (non-hydrogen) atoms. The highest BCUT2D eigenvalue weighted by Crippen LogP contribution is 2.23. The Morgan fingerprint density at radius 2 is 2.00 bits per heavy atom. The van der Waals surface area contributed by atoms with Crippen molar-refractivity contribution in [2.75, 3.05) is 5.32 Å². The molecule has 1 N–H and O–H groups in total. The summed E-state index contributed by atoms with van der Waals surface area (Å²) in [6, 6.07) is 9.36. The number of anilines is 1. The number of rotatable bonds is 3. The van der Waals surface area contributed by atoms with Crippen LogP contribution in [0.15, 0.2) is 47.6 Å². The van der Waals surface area contributed by atoms with Crippen LogP contribution < -0.4 is 5.32 Å². The van der Waals surface area contributed by atoms with Gasteiger partial charge in [-0.25, -0.2) is 0 Å². The zero-order chi connectivity index (χ0) is 13.5. The molecule has 0 radical (unpaired) electrons. The molecule has 1 aromatic heterocycles. The lowest BCUT2D eigenvalue weighted by Gasteiger charge is -2.10. The van der Waals surface area contributed by atoms with E-state index in [1.54, 1.807) is 6.26 Å². The number of hydrogen-bond donors (Lipinski definition) is 1. The van der Waals surface area contributed by atoms with Gasteiger partial charge in [0.1, 0.15) is 5.76 Å². The molecular weight excluding hydrogens is 246 g/mol. The first-order chi connectivity index (χ1) is 8.66. The van der Waals surface area contributed by atoms with Gasteiger partial charge in [-0.1, -0.05) is 32.0 Å². The Labute approximate surface area is 113 Å². The highest BCUT2D eigenvalue weighted by atomic mass is 35.5. The summed E-state index contributed by atoms with van der Waals surface area (Å²) in [4.78, 5) is 0. The van der Waals surface area contributed by atoms with Gasteiger partial charge in [0.05, 0.1) is 12.0 Å². The van der Waals surface area contributed by atoms with E-state index >= 15 is 0 Å². The van der Waals surface area contributed by atoms with Crippen molar-refractivity contribution >= 4 is 23.0 Å². The molecule has 96 valence electrons. The molecular formula is C15H18ClNO. The van der Waals surface area contributed by atoms with Crippen LogP contribution in [-0.4, -0.2) is 0 Å². The van der Waals surface area contributed by atoms with Gasteiger partial charge in [0.25, 0.3) is 0 Å². The lowest BCUT2D eigenvalue weighted by Crippen LogP contribution is -1.97. The molecule has 2 aromatic rings. The van der Waals surface area contributed by atoms with Crippen LogP contribution >= 0.6 is 11.6 Å². The van der Waals surface area contributed by atoms with E-state index in [2.05, 4.69) is 11.9 Å². The van der Waals surface area contributed by atoms with E-state index in [9.17, 15) is 0 Å². The SMILES string of the molecule is C=C(Nc1ccc(Cl)cc1C)c1ccco1.CC. The average Bonchev–Trinajstić information content (AvgIpc) is 2.89. The quantitative estimate of drug-likeness (QED) is 0.807. The van der Waals surface area contributed by atoms with Gasteiger partial charge in [-0.05, 0) is 42.8 Å². The van der Waals surface area contributed by atoms with E-state index in [1.807, 2.05) is 51.1 Å². The predicted molar refractivity (Wildman–Crippen MR) is 78.9 cm³/mol. The lowest BCUT2D eigenvalue weighted by molar-refractivity contribution is 0.553. The van der Waals surface area contributed by atoms with Crippen molar-refractivity contribution in [2.45, 2.75) is 20.8 Å². The Balaban J connectivity index is 0.000000771. The molecule has 1 heterocycles. The molecule has 0 amide bonds. The molecule has 2 rings (SSSR count). The maximum atomic E-state index is 5.88. The van der Waals surface area contributed by atoms with E-state index in [0.717, 1.165) is 27.7 Å². The Morgan fingerprint density at radius 3 is 2.56 bits per heavy atom. The van der Waals surface area contributed by atoms with Crippen molar-refractivity contribution in [3.8, 4) is 0 Å². The van der Waals surface area contributed by atoms with Gasteiger partial charge in [-0.3, -0.25) is 0 Å². The third-order valence-corrected chi connectivity index (χ3v) is 2.53. The average molecular weight is 264 g/mol. The van der Waals surface area contributed by atoms with Crippen LogP contribution in [-0.2, 0) is 0 Å². The molecule has 0 atom stereocenters. The maximum absolute atomic E-state index is 5.88. The second-order valence-corrected chi connectivity index (χ2v) is 3.98. The first kappa shape index (κ1) is 14.4. The zero-order valence-corrected chi connectivity index (χ0v) is 11.7. The number of hydrogen-bond acceptors (Lipinski definition) is 2. The summed E-state index contributed by atoms with van der Waals surface area (Å²) in [5.74, 6) is 0.731. The van der Waals surface area contributed by atoms with Crippen molar-refractivity contribution < 1.29 is 4.42 Å². The number of furan rings is 1. The largest absolute Gasteiger partial charge is 0.463 e.